The molecule has 4 nitrogen and oxygen atoms in total. The first-order valence-electron chi connectivity index (χ1n) is 6.81. The summed E-state index contributed by atoms with van der Waals surface area (Å²) in [6.45, 7) is 1.48. The van der Waals surface area contributed by atoms with E-state index < -0.39 is 0 Å². The van der Waals surface area contributed by atoms with Crippen LogP contribution in [0.25, 0.3) is 0 Å². The number of hydrogen-bond acceptors (Lipinski definition) is 3. The second-order valence-corrected chi connectivity index (χ2v) is 4.98. The third-order valence-electron chi connectivity index (χ3n) is 3.03. The van der Waals surface area contributed by atoms with E-state index in [2.05, 4.69) is 27.8 Å². The van der Waals surface area contributed by atoms with Gasteiger partial charge in [0.25, 0.3) is 0 Å². The summed E-state index contributed by atoms with van der Waals surface area (Å²) in [5.41, 5.74) is 2.36. The molecule has 5 heteroatoms. The van der Waals surface area contributed by atoms with Crippen LogP contribution in [0.4, 0.5) is 0 Å². The van der Waals surface area contributed by atoms with Gasteiger partial charge in [-0.15, -0.1) is 0 Å². The molecule has 21 heavy (non-hydrogen) atoms. The number of methoxy groups -OCH3 is 1. The zero-order chi connectivity index (χ0) is 14.9. The first kappa shape index (κ1) is 15.3. The van der Waals surface area contributed by atoms with E-state index in [1.54, 1.807) is 13.3 Å². The third-order valence-corrected chi connectivity index (χ3v) is 3.32. The average molecular weight is 301 g/mol. The van der Waals surface area contributed by atoms with Crippen LogP contribution in [-0.4, -0.2) is 23.8 Å². The van der Waals surface area contributed by atoms with E-state index in [9.17, 15) is 0 Å². The molecule has 1 heterocycles. The van der Waals surface area contributed by atoms with Crippen LogP contribution < -0.4 is 15.4 Å². The van der Waals surface area contributed by atoms with Crippen molar-refractivity contribution < 1.29 is 4.74 Å². The molecule has 0 unspecified atom stereocenters. The quantitative estimate of drug-likeness (QED) is 0.802. The first-order valence-corrected chi connectivity index (χ1v) is 7.22. The fraction of sp³-hybridized carbons (Fsp3) is 0.250. The number of thiocarbonyl (C=S) groups is 1. The van der Waals surface area contributed by atoms with Crippen LogP contribution >= 0.6 is 12.2 Å². The Bertz CT molecular complexity index is 557. The van der Waals surface area contributed by atoms with Gasteiger partial charge in [0.1, 0.15) is 5.75 Å². The molecule has 2 rings (SSSR count). The highest BCUT2D eigenvalue weighted by Crippen LogP contribution is 2.11. The zero-order valence-corrected chi connectivity index (χ0v) is 12.8. The highest BCUT2D eigenvalue weighted by atomic mass is 32.1. The van der Waals surface area contributed by atoms with Gasteiger partial charge in [-0.2, -0.15) is 0 Å². The smallest absolute Gasteiger partial charge is 0.166 e. The molecule has 0 aliphatic carbocycles. The van der Waals surface area contributed by atoms with Crippen LogP contribution in [0.2, 0.25) is 0 Å². The van der Waals surface area contributed by atoms with Crippen molar-refractivity contribution in [1.82, 2.24) is 15.6 Å². The molecule has 2 N–H and O–H groups in total. The first-order chi connectivity index (χ1) is 10.3. The number of benzene rings is 1. The lowest BCUT2D eigenvalue weighted by Gasteiger charge is -2.10. The summed E-state index contributed by atoms with van der Waals surface area (Å²) in [6.07, 6.45) is 4.50. The topological polar surface area (TPSA) is 46.2 Å². The number of nitrogens with zero attached hydrogens (tertiary/aromatic N) is 1. The second kappa shape index (κ2) is 8.21. The maximum Gasteiger partial charge on any atom is 0.166 e. The number of hydrogen-bond donors (Lipinski definition) is 2. The Morgan fingerprint density at radius 1 is 1.14 bits per heavy atom. The SMILES string of the molecule is COc1ccc(CCNC(=S)NCc2cccnc2)cc1. The summed E-state index contributed by atoms with van der Waals surface area (Å²) >= 11 is 5.25. The van der Waals surface area contributed by atoms with Crippen LogP contribution in [0.3, 0.4) is 0 Å². The summed E-state index contributed by atoms with van der Waals surface area (Å²) in [5, 5.41) is 7.02. The molecule has 2 aromatic rings. The fourth-order valence-corrected chi connectivity index (χ4v) is 2.03. The molecule has 1 aromatic heterocycles. The number of rotatable bonds is 6. The fourth-order valence-electron chi connectivity index (χ4n) is 1.86. The Hall–Kier alpha value is -2.14. The standard InChI is InChI=1S/C16H19N3OS/c1-20-15-6-4-13(5-7-15)8-10-18-16(21)19-12-14-3-2-9-17-11-14/h2-7,9,11H,8,10,12H2,1H3,(H2,18,19,21). The Labute approximate surface area is 130 Å². The molecule has 0 bridgehead atoms. The molecular weight excluding hydrogens is 282 g/mol. The van der Waals surface area contributed by atoms with Gasteiger partial charge in [0.05, 0.1) is 7.11 Å². The predicted octanol–water partition coefficient (Wildman–Crippen LogP) is 2.30. The molecule has 0 saturated heterocycles. The third kappa shape index (κ3) is 5.39. The van der Waals surface area contributed by atoms with E-state index in [0.717, 1.165) is 24.3 Å². The maximum atomic E-state index is 5.25. The summed E-state index contributed by atoms with van der Waals surface area (Å²) in [7, 11) is 1.67. The Morgan fingerprint density at radius 3 is 2.62 bits per heavy atom. The predicted molar refractivity (Wildman–Crippen MR) is 88.4 cm³/mol. The van der Waals surface area contributed by atoms with Crippen molar-refractivity contribution in [2.45, 2.75) is 13.0 Å². The lowest BCUT2D eigenvalue weighted by Crippen LogP contribution is -2.35. The van der Waals surface area contributed by atoms with Gasteiger partial charge in [-0.25, -0.2) is 0 Å². The normalized spacial score (nSPS) is 9.95. The highest BCUT2D eigenvalue weighted by Gasteiger charge is 1.98. The number of aromatic nitrogens is 1. The molecule has 0 amide bonds. The molecular formula is C16H19N3OS. The molecule has 0 aliphatic rings. The minimum atomic E-state index is 0.660. The average Bonchev–Trinajstić information content (AvgIpc) is 2.54. The van der Waals surface area contributed by atoms with Crippen molar-refractivity contribution in [1.29, 1.82) is 0 Å². The lowest BCUT2D eigenvalue weighted by molar-refractivity contribution is 0.414. The minimum absolute atomic E-state index is 0.660. The summed E-state index contributed by atoms with van der Waals surface area (Å²) in [6, 6.07) is 12.0. The molecule has 0 saturated carbocycles. The molecule has 0 spiro atoms. The molecule has 0 radical (unpaired) electrons. The number of ether oxygens (including phenoxy) is 1. The van der Waals surface area contributed by atoms with Crippen LogP contribution in [-0.2, 0) is 13.0 Å². The lowest BCUT2D eigenvalue weighted by atomic mass is 10.1. The van der Waals surface area contributed by atoms with Gasteiger partial charge in [0, 0.05) is 25.5 Å². The summed E-state index contributed by atoms with van der Waals surface area (Å²) in [4.78, 5) is 4.06. The van der Waals surface area contributed by atoms with E-state index in [1.165, 1.54) is 5.56 Å². The van der Waals surface area contributed by atoms with Crippen LogP contribution in [0.1, 0.15) is 11.1 Å². The second-order valence-electron chi connectivity index (χ2n) is 4.57. The van der Waals surface area contributed by atoms with E-state index in [1.807, 2.05) is 30.5 Å². The van der Waals surface area contributed by atoms with Crippen molar-refractivity contribution in [2.24, 2.45) is 0 Å². The van der Waals surface area contributed by atoms with Crippen LogP contribution in [0.5, 0.6) is 5.75 Å². The van der Waals surface area contributed by atoms with Crippen molar-refractivity contribution >= 4 is 17.3 Å². The van der Waals surface area contributed by atoms with Crippen LogP contribution in [0, 0.1) is 0 Å². The summed E-state index contributed by atoms with van der Waals surface area (Å²) < 4.78 is 5.13. The molecule has 110 valence electrons. The Morgan fingerprint density at radius 2 is 1.95 bits per heavy atom. The van der Waals surface area contributed by atoms with E-state index >= 15 is 0 Å². The molecule has 0 aliphatic heterocycles. The van der Waals surface area contributed by atoms with Crippen molar-refractivity contribution in [3.8, 4) is 5.75 Å². The van der Waals surface area contributed by atoms with Gasteiger partial charge in [0.15, 0.2) is 5.11 Å². The number of nitrogens with one attached hydrogen (secondary N) is 2. The van der Waals surface area contributed by atoms with Gasteiger partial charge in [0.2, 0.25) is 0 Å². The van der Waals surface area contributed by atoms with Crippen molar-refractivity contribution in [3.63, 3.8) is 0 Å². The van der Waals surface area contributed by atoms with E-state index in [4.69, 9.17) is 17.0 Å². The molecule has 1 aromatic carbocycles. The van der Waals surface area contributed by atoms with Gasteiger partial charge in [-0.05, 0) is 48.0 Å². The largest absolute Gasteiger partial charge is 0.497 e. The van der Waals surface area contributed by atoms with Gasteiger partial charge < -0.3 is 15.4 Å². The van der Waals surface area contributed by atoms with Crippen LogP contribution in [0.15, 0.2) is 48.8 Å². The van der Waals surface area contributed by atoms with Gasteiger partial charge in [-0.3, -0.25) is 4.98 Å². The Kier molecular flexibility index (Phi) is 5.97. The molecule has 0 fully saturated rings. The summed E-state index contributed by atoms with van der Waals surface area (Å²) in [5.74, 6) is 0.875. The maximum absolute atomic E-state index is 5.25. The van der Waals surface area contributed by atoms with Crippen molar-refractivity contribution in [2.75, 3.05) is 13.7 Å². The zero-order valence-electron chi connectivity index (χ0n) is 12.0. The molecule has 0 atom stereocenters. The van der Waals surface area contributed by atoms with Gasteiger partial charge >= 0.3 is 0 Å². The van der Waals surface area contributed by atoms with E-state index in [-0.39, 0.29) is 0 Å². The minimum Gasteiger partial charge on any atom is -0.497 e. The number of pyridine rings is 1. The van der Waals surface area contributed by atoms with Crippen molar-refractivity contribution in [3.05, 3.63) is 59.9 Å². The van der Waals surface area contributed by atoms with E-state index in [0.29, 0.717) is 11.7 Å². The monoisotopic (exact) mass is 301 g/mol. The highest BCUT2D eigenvalue weighted by molar-refractivity contribution is 7.80. The Balaban J connectivity index is 1.66. The van der Waals surface area contributed by atoms with Gasteiger partial charge in [-0.1, -0.05) is 18.2 Å².